The summed E-state index contributed by atoms with van der Waals surface area (Å²) in [5.74, 6) is -0.696. The number of ether oxygens (including phenoxy) is 4. The van der Waals surface area contributed by atoms with E-state index in [1.165, 1.54) is 103 Å². The van der Waals surface area contributed by atoms with Crippen molar-refractivity contribution in [1.29, 1.82) is 0 Å². The summed E-state index contributed by atoms with van der Waals surface area (Å²) in [7, 11) is 1.80. The summed E-state index contributed by atoms with van der Waals surface area (Å²) in [6.07, 6.45) is 35.0. The quantitative estimate of drug-likeness (QED) is 0.0361. The highest BCUT2D eigenvalue weighted by Crippen LogP contribution is 2.24. The molecule has 1 rings (SSSR count). The molecule has 0 saturated carbocycles. The predicted molar refractivity (Wildman–Crippen MR) is 245 cm³/mol. The van der Waals surface area contributed by atoms with E-state index in [1.54, 1.807) is 7.05 Å². The zero-order valence-corrected chi connectivity index (χ0v) is 39.5. The lowest BCUT2D eigenvalue weighted by Gasteiger charge is -2.22. The second-order valence-corrected chi connectivity index (χ2v) is 17.6. The van der Waals surface area contributed by atoms with Gasteiger partial charge in [0.25, 0.3) is 0 Å². The van der Waals surface area contributed by atoms with Crippen molar-refractivity contribution >= 4 is 23.9 Å². The van der Waals surface area contributed by atoms with Crippen LogP contribution in [0.5, 0.6) is 0 Å². The van der Waals surface area contributed by atoms with Gasteiger partial charge in [0, 0.05) is 32.4 Å². The normalized spacial score (nSPS) is 15.4. The van der Waals surface area contributed by atoms with Gasteiger partial charge >= 0.3 is 23.9 Å². The zero-order valence-electron chi connectivity index (χ0n) is 39.5. The number of carbonyl (C=O) groups is 4. The average molecular weight is 851 g/mol. The highest BCUT2D eigenvalue weighted by molar-refractivity contribution is 5.76. The van der Waals surface area contributed by atoms with Crippen molar-refractivity contribution in [3.05, 3.63) is 0 Å². The third-order valence-corrected chi connectivity index (χ3v) is 11.9. The fourth-order valence-electron chi connectivity index (χ4n) is 8.15. The Morgan fingerprint density at radius 1 is 0.533 bits per heavy atom. The van der Waals surface area contributed by atoms with E-state index in [9.17, 15) is 19.2 Å². The van der Waals surface area contributed by atoms with Gasteiger partial charge in [-0.2, -0.15) is 0 Å². The Hall–Kier alpha value is -2.20. The van der Waals surface area contributed by atoms with E-state index in [1.807, 2.05) is 0 Å². The Balaban J connectivity index is 2.36. The first-order valence-corrected chi connectivity index (χ1v) is 25.4. The molecule has 1 saturated heterocycles. The Bertz CT molecular complexity index is 1030. The van der Waals surface area contributed by atoms with Crippen molar-refractivity contribution in [1.82, 2.24) is 10.2 Å². The van der Waals surface area contributed by atoms with E-state index in [0.717, 1.165) is 89.9 Å². The molecule has 1 unspecified atom stereocenters. The number of unbranched alkanes of at least 4 members (excludes halogenated alkanes) is 23. The molecule has 0 radical (unpaired) electrons. The van der Waals surface area contributed by atoms with Gasteiger partial charge in [0.05, 0.1) is 19.6 Å². The van der Waals surface area contributed by atoms with Crippen LogP contribution in [0.25, 0.3) is 0 Å². The summed E-state index contributed by atoms with van der Waals surface area (Å²) in [5, 5.41) is 2.97. The Kier molecular flexibility index (Phi) is 38.0. The number of nitrogens with one attached hydrogen (secondary N) is 1. The topological polar surface area (TPSA) is 120 Å². The van der Waals surface area contributed by atoms with Crippen LogP contribution in [-0.4, -0.2) is 86.9 Å². The molecule has 0 aromatic heterocycles. The maximum atomic E-state index is 13.3. The molecular weight excluding hydrogens is 757 g/mol. The van der Waals surface area contributed by atoms with Gasteiger partial charge in [-0.15, -0.1) is 0 Å². The molecule has 10 nitrogen and oxygen atoms in total. The van der Waals surface area contributed by atoms with Gasteiger partial charge in [-0.05, 0) is 71.4 Å². The van der Waals surface area contributed by atoms with Gasteiger partial charge in [-0.1, -0.05) is 156 Å². The molecule has 352 valence electrons. The molecule has 1 aliphatic rings. The first-order chi connectivity index (χ1) is 29.3. The summed E-state index contributed by atoms with van der Waals surface area (Å²) >= 11 is 0. The van der Waals surface area contributed by atoms with Crippen LogP contribution >= 0.6 is 0 Å². The molecular formula is C50H94N2O8. The van der Waals surface area contributed by atoms with E-state index in [4.69, 9.17) is 18.9 Å². The second-order valence-electron chi connectivity index (χ2n) is 17.6. The van der Waals surface area contributed by atoms with Crippen molar-refractivity contribution in [2.75, 3.05) is 39.9 Å². The number of hydrogen-bond donors (Lipinski definition) is 1. The maximum Gasteiger partial charge on any atom is 0.323 e. The summed E-state index contributed by atoms with van der Waals surface area (Å²) in [6, 6.07) is -0.444. The zero-order chi connectivity index (χ0) is 43.7. The van der Waals surface area contributed by atoms with Crippen molar-refractivity contribution in [2.24, 2.45) is 0 Å². The Labute approximate surface area is 368 Å². The molecule has 0 bridgehead atoms. The fourth-order valence-corrected chi connectivity index (χ4v) is 8.15. The molecule has 60 heavy (non-hydrogen) atoms. The van der Waals surface area contributed by atoms with Gasteiger partial charge in [0.15, 0.2) is 0 Å². The minimum atomic E-state index is -0.444. The molecule has 0 aliphatic carbocycles. The summed E-state index contributed by atoms with van der Waals surface area (Å²) in [5.41, 5.74) is 0. The molecule has 1 N–H and O–H groups in total. The number of hydrogen-bond acceptors (Lipinski definition) is 10. The second kappa shape index (κ2) is 40.8. The van der Waals surface area contributed by atoms with E-state index in [2.05, 4.69) is 31.0 Å². The van der Waals surface area contributed by atoms with E-state index in [0.29, 0.717) is 52.1 Å². The molecule has 0 amide bonds. The minimum Gasteiger partial charge on any atom is -0.466 e. The van der Waals surface area contributed by atoms with Crippen molar-refractivity contribution in [3.8, 4) is 0 Å². The molecule has 10 heteroatoms. The van der Waals surface area contributed by atoms with Gasteiger partial charge in [0.1, 0.15) is 18.2 Å². The highest BCUT2D eigenvalue weighted by atomic mass is 16.6. The monoisotopic (exact) mass is 851 g/mol. The molecule has 2 atom stereocenters. The molecule has 0 aromatic rings. The summed E-state index contributed by atoms with van der Waals surface area (Å²) in [6.45, 7) is 9.33. The lowest BCUT2D eigenvalue weighted by atomic mass is 10.0. The maximum absolute atomic E-state index is 13.3. The average Bonchev–Trinajstić information content (AvgIpc) is 3.64. The first kappa shape index (κ1) is 55.8. The van der Waals surface area contributed by atoms with Crippen LogP contribution in [0.15, 0.2) is 0 Å². The van der Waals surface area contributed by atoms with Gasteiger partial charge in [0.2, 0.25) is 0 Å². The van der Waals surface area contributed by atoms with Crippen molar-refractivity contribution in [2.45, 2.75) is 257 Å². The van der Waals surface area contributed by atoms with Gasteiger partial charge in [-0.25, -0.2) is 0 Å². The van der Waals surface area contributed by atoms with Crippen LogP contribution in [0, 0.1) is 0 Å². The smallest absolute Gasteiger partial charge is 0.323 e. The Morgan fingerprint density at radius 3 is 1.55 bits per heavy atom. The van der Waals surface area contributed by atoms with Crippen LogP contribution < -0.4 is 5.32 Å². The lowest BCUT2D eigenvalue weighted by molar-refractivity contribution is -0.151. The van der Waals surface area contributed by atoms with Crippen molar-refractivity contribution < 1.29 is 38.1 Å². The molecule has 1 fully saturated rings. The van der Waals surface area contributed by atoms with Gasteiger partial charge in [-0.3, -0.25) is 24.1 Å². The number of likely N-dealkylation sites (tertiary alicyclic amines) is 1. The molecule has 1 aliphatic heterocycles. The number of nitrogens with zero attached hydrogens (tertiary/aromatic N) is 1. The largest absolute Gasteiger partial charge is 0.466 e. The van der Waals surface area contributed by atoms with Crippen LogP contribution in [0.4, 0.5) is 0 Å². The van der Waals surface area contributed by atoms with Gasteiger partial charge < -0.3 is 24.3 Å². The van der Waals surface area contributed by atoms with Crippen LogP contribution in [-0.2, 0) is 38.1 Å². The predicted octanol–water partition coefficient (Wildman–Crippen LogP) is 12.1. The Morgan fingerprint density at radius 2 is 1.00 bits per heavy atom. The summed E-state index contributed by atoms with van der Waals surface area (Å²) in [4.78, 5) is 52.8. The van der Waals surface area contributed by atoms with Crippen molar-refractivity contribution in [3.63, 3.8) is 0 Å². The first-order valence-electron chi connectivity index (χ1n) is 25.4. The van der Waals surface area contributed by atoms with E-state index < -0.39 is 6.04 Å². The highest BCUT2D eigenvalue weighted by Gasteiger charge is 2.39. The third kappa shape index (κ3) is 32.5. The molecule has 0 aromatic carbocycles. The third-order valence-electron chi connectivity index (χ3n) is 11.9. The standard InChI is InChI=1S/C50H94N2O8/c1-5-8-11-14-17-18-23-31-40-57-47(53)35-29-25-30-39-52-43-45(60-49(55)37-38-51-4)42-46(52)50(56)58-41-32-24-19-22-28-36-48(54)59-44(33-26-20-15-12-9-6-2)34-27-21-16-13-10-7-3/h44-46,51H,5-43H2,1-4H3/t45?,46-/m0/s1. The number of carbonyl (C=O) groups excluding carboxylic acids is 4. The fraction of sp³-hybridized carbons (Fsp3) is 0.920. The van der Waals surface area contributed by atoms with Crippen LogP contribution in [0.1, 0.15) is 239 Å². The summed E-state index contributed by atoms with van der Waals surface area (Å²) < 4.78 is 22.9. The number of rotatable bonds is 43. The number of esters is 4. The lowest BCUT2D eigenvalue weighted by Crippen LogP contribution is -2.38. The molecule has 1 heterocycles. The van der Waals surface area contributed by atoms with Crippen LogP contribution in [0.3, 0.4) is 0 Å². The SMILES string of the molecule is CCCCCCCCCCOC(=O)CCCCCN1CC(OC(=O)CCNC)C[C@H]1C(=O)OCCCCCCCC(=O)OC(CCCCCCCC)CCCCCCCC. The van der Waals surface area contributed by atoms with E-state index >= 15 is 0 Å². The van der Waals surface area contributed by atoms with Crippen LogP contribution in [0.2, 0.25) is 0 Å². The minimum absolute atomic E-state index is 0.0510. The van der Waals surface area contributed by atoms with E-state index in [-0.39, 0.29) is 42.5 Å². The molecule has 0 spiro atoms.